The topological polar surface area (TPSA) is 32.6 Å². The second-order valence-corrected chi connectivity index (χ2v) is 8.02. The van der Waals surface area contributed by atoms with Crippen LogP contribution in [0.2, 0.25) is 5.02 Å². The van der Waals surface area contributed by atoms with Crippen LogP contribution in [-0.2, 0) is 6.54 Å². The highest BCUT2D eigenvalue weighted by molar-refractivity contribution is 6.30. The molecule has 2 unspecified atom stereocenters. The Bertz CT molecular complexity index is 895. The van der Waals surface area contributed by atoms with Gasteiger partial charge in [-0.1, -0.05) is 29.8 Å². The molecule has 2 bridgehead atoms. The van der Waals surface area contributed by atoms with Crippen LogP contribution in [0, 0.1) is 5.92 Å². The number of piperidine rings is 1. The highest BCUT2D eigenvalue weighted by atomic mass is 35.5. The van der Waals surface area contributed by atoms with Gasteiger partial charge in [0.1, 0.15) is 5.65 Å². The molecule has 26 heavy (non-hydrogen) atoms. The largest absolute Gasteiger partial charge is 0.312 e. The van der Waals surface area contributed by atoms with Crippen LogP contribution >= 0.6 is 11.6 Å². The van der Waals surface area contributed by atoms with Crippen molar-refractivity contribution >= 4 is 17.2 Å². The fraction of sp³-hybridized carbons (Fsp3) is 0.381. The van der Waals surface area contributed by atoms with E-state index in [0.717, 1.165) is 40.9 Å². The molecule has 134 valence electrons. The molecular formula is C21H23ClN4. The minimum atomic E-state index is 0.631. The van der Waals surface area contributed by atoms with Gasteiger partial charge in [-0.25, -0.2) is 4.98 Å². The molecule has 3 fully saturated rings. The minimum Gasteiger partial charge on any atom is -0.312 e. The number of hydrogen-bond acceptors (Lipinski definition) is 3. The first-order valence-corrected chi connectivity index (χ1v) is 9.82. The number of nitrogens with one attached hydrogen (secondary N) is 1. The molecule has 0 amide bonds. The summed E-state index contributed by atoms with van der Waals surface area (Å²) in [6, 6.07) is 14.9. The second-order valence-electron chi connectivity index (χ2n) is 7.59. The molecule has 5 heteroatoms. The van der Waals surface area contributed by atoms with Crippen molar-refractivity contribution < 1.29 is 0 Å². The first-order valence-electron chi connectivity index (χ1n) is 9.44. The lowest BCUT2D eigenvalue weighted by atomic mass is 9.97. The van der Waals surface area contributed by atoms with E-state index in [9.17, 15) is 0 Å². The van der Waals surface area contributed by atoms with E-state index in [1.807, 2.05) is 18.2 Å². The number of aromatic nitrogens is 2. The lowest BCUT2D eigenvalue weighted by molar-refractivity contribution is 0.253. The fourth-order valence-electron chi connectivity index (χ4n) is 4.41. The lowest BCUT2D eigenvalue weighted by Crippen LogP contribution is -2.39. The molecule has 0 aliphatic carbocycles. The molecular weight excluding hydrogens is 344 g/mol. The Hall–Kier alpha value is -1.88. The standard InChI is InChI=1S/C21H23ClN4/c22-17-7-5-16(6-8-17)21-19(26-10-2-1-3-20(26)24-21)14-25-12-15-4-9-18(13-25)23-11-15/h1-3,5-8,10,15,18,23H,4,9,11-14H2. The number of imidazole rings is 1. The Balaban J connectivity index is 1.55. The summed E-state index contributed by atoms with van der Waals surface area (Å²) >= 11 is 6.09. The van der Waals surface area contributed by atoms with Crippen molar-refractivity contribution in [3.63, 3.8) is 0 Å². The fourth-order valence-corrected chi connectivity index (χ4v) is 4.54. The summed E-state index contributed by atoms with van der Waals surface area (Å²) in [6.07, 6.45) is 4.78. The van der Waals surface area contributed by atoms with E-state index >= 15 is 0 Å². The van der Waals surface area contributed by atoms with E-state index in [4.69, 9.17) is 16.6 Å². The zero-order valence-electron chi connectivity index (χ0n) is 14.7. The van der Waals surface area contributed by atoms with Gasteiger partial charge in [0.25, 0.3) is 0 Å². The predicted molar refractivity (Wildman–Crippen MR) is 105 cm³/mol. The van der Waals surface area contributed by atoms with E-state index in [1.165, 1.54) is 31.6 Å². The van der Waals surface area contributed by atoms with E-state index < -0.39 is 0 Å². The average molecular weight is 367 g/mol. The Labute approximate surface area is 158 Å². The number of rotatable bonds is 3. The molecule has 3 aliphatic rings. The van der Waals surface area contributed by atoms with E-state index in [2.05, 4.69) is 45.1 Å². The third-order valence-electron chi connectivity index (χ3n) is 5.73. The SMILES string of the molecule is Clc1ccc(-c2nc3ccccn3c2CN2CC3CCC(C2)NC3)cc1. The van der Waals surface area contributed by atoms with Crippen molar-refractivity contribution in [2.45, 2.75) is 25.4 Å². The van der Waals surface area contributed by atoms with E-state index in [0.29, 0.717) is 6.04 Å². The van der Waals surface area contributed by atoms with Gasteiger partial charge in [-0.2, -0.15) is 0 Å². The van der Waals surface area contributed by atoms with Crippen molar-refractivity contribution in [3.8, 4) is 11.3 Å². The van der Waals surface area contributed by atoms with Gasteiger partial charge in [0.05, 0.1) is 11.4 Å². The smallest absolute Gasteiger partial charge is 0.137 e. The third kappa shape index (κ3) is 3.02. The van der Waals surface area contributed by atoms with Gasteiger partial charge in [-0.3, -0.25) is 4.90 Å². The number of nitrogens with zero attached hydrogens (tertiary/aromatic N) is 3. The monoisotopic (exact) mass is 366 g/mol. The van der Waals surface area contributed by atoms with Gasteiger partial charge in [-0.15, -0.1) is 0 Å². The highest BCUT2D eigenvalue weighted by Gasteiger charge is 2.30. The normalized spacial score (nSPS) is 23.4. The number of hydrogen-bond donors (Lipinski definition) is 1. The van der Waals surface area contributed by atoms with Crippen LogP contribution < -0.4 is 5.32 Å². The summed E-state index contributed by atoms with van der Waals surface area (Å²) in [7, 11) is 0. The number of pyridine rings is 1. The molecule has 0 spiro atoms. The van der Waals surface area contributed by atoms with Gasteiger partial charge in [0.15, 0.2) is 0 Å². The zero-order chi connectivity index (χ0) is 17.5. The maximum Gasteiger partial charge on any atom is 0.137 e. The molecule has 6 rings (SSSR count). The van der Waals surface area contributed by atoms with Crippen LogP contribution in [0.25, 0.3) is 16.9 Å². The predicted octanol–water partition coefficient (Wildman–Crippen LogP) is 3.84. The van der Waals surface area contributed by atoms with Crippen molar-refractivity contribution in [1.29, 1.82) is 0 Å². The van der Waals surface area contributed by atoms with Crippen LogP contribution in [0.4, 0.5) is 0 Å². The quantitative estimate of drug-likeness (QED) is 0.764. The summed E-state index contributed by atoms with van der Waals surface area (Å²) in [5.41, 5.74) is 4.47. The molecule has 3 aromatic rings. The molecule has 2 aromatic heterocycles. The number of halogens is 1. The molecule has 0 saturated carbocycles. The Kier molecular flexibility index (Phi) is 4.20. The van der Waals surface area contributed by atoms with Crippen molar-refractivity contribution in [2.75, 3.05) is 19.6 Å². The Morgan fingerprint density at radius 3 is 2.77 bits per heavy atom. The van der Waals surface area contributed by atoms with Gasteiger partial charge in [0.2, 0.25) is 0 Å². The highest BCUT2D eigenvalue weighted by Crippen LogP contribution is 2.29. The van der Waals surface area contributed by atoms with Crippen molar-refractivity contribution in [1.82, 2.24) is 19.6 Å². The molecule has 1 N–H and O–H groups in total. The summed E-state index contributed by atoms with van der Waals surface area (Å²) in [5, 5.41) is 4.46. The number of fused-ring (bicyclic) bond motifs is 5. The van der Waals surface area contributed by atoms with Crippen LogP contribution in [0.3, 0.4) is 0 Å². The van der Waals surface area contributed by atoms with Gasteiger partial charge in [-0.05, 0) is 49.6 Å². The summed E-state index contributed by atoms with van der Waals surface area (Å²) in [4.78, 5) is 7.54. The van der Waals surface area contributed by atoms with Crippen molar-refractivity contribution in [2.24, 2.45) is 5.92 Å². The maximum absolute atomic E-state index is 6.09. The van der Waals surface area contributed by atoms with Crippen LogP contribution in [0.15, 0.2) is 48.7 Å². The van der Waals surface area contributed by atoms with Gasteiger partial charge < -0.3 is 9.72 Å². The summed E-state index contributed by atoms with van der Waals surface area (Å²) in [6.45, 7) is 4.39. The molecule has 3 aliphatic heterocycles. The van der Waals surface area contributed by atoms with Crippen LogP contribution in [-0.4, -0.2) is 40.0 Å². The third-order valence-corrected chi connectivity index (χ3v) is 5.99. The number of benzene rings is 1. The maximum atomic E-state index is 6.09. The molecule has 3 saturated heterocycles. The first-order chi connectivity index (χ1) is 12.8. The molecule has 5 heterocycles. The lowest BCUT2D eigenvalue weighted by Gasteiger charge is -2.23. The van der Waals surface area contributed by atoms with E-state index in [1.54, 1.807) is 0 Å². The van der Waals surface area contributed by atoms with Gasteiger partial charge >= 0.3 is 0 Å². The minimum absolute atomic E-state index is 0.631. The Morgan fingerprint density at radius 1 is 1.08 bits per heavy atom. The molecule has 2 atom stereocenters. The summed E-state index contributed by atoms with van der Waals surface area (Å²) in [5.74, 6) is 0.770. The first kappa shape index (κ1) is 16.3. The van der Waals surface area contributed by atoms with Crippen molar-refractivity contribution in [3.05, 3.63) is 59.4 Å². The summed E-state index contributed by atoms with van der Waals surface area (Å²) < 4.78 is 2.24. The zero-order valence-corrected chi connectivity index (χ0v) is 15.5. The Morgan fingerprint density at radius 2 is 1.96 bits per heavy atom. The van der Waals surface area contributed by atoms with Gasteiger partial charge in [0, 0.05) is 42.5 Å². The van der Waals surface area contributed by atoms with Crippen LogP contribution in [0.1, 0.15) is 18.5 Å². The molecule has 1 aromatic carbocycles. The molecule has 0 radical (unpaired) electrons. The van der Waals surface area contributed by atoms with E-state index in [-0.39, 0.29) is 0 Å². The van der Waals surface area contributed by atoms with Crippen LogP contribution in [0.5, 0.6) is 0 Å². The second kappa shape index (κ2) is 6.69. The average Bonchev–Trinajstić information content (AvgIpc) is 2.80. The molecule has 4 nitrogen and oxygen atoms in total.